The van der Waals surface area contributed by atoms with Crippen LogP contribution in [0, 0.1) is 0 Å². The fourth-order valence-electron chi connectivity index (χ4n) is 1.24. The lowest BCUT2D eigenvalue weighted by Crippen LogP contribution is -2.19. The molecule has 0 aromatic heterocycles. The van der Waals surface area contributed by atoms with E-state index in [1.54, 1.807) is 0 Å². The van der Waals surface area contributed by atoms with Crippen LogP contribution < -0.4 is 0 Å². The lowest BCUT2D eigenvalue weighted by atomic mass is 10.1. The first kappa shape index (κ1) is 7.76. The van der Waals surface area contributed by atoms with E-state index >= 15 is 0 Å². The monoisotopic (exact) mass is 141 g/mol. The minimum atomic E-state index is 0.373. The van der Waals surface area contributed by atoms with Crippen LogP contribution in [0.15, 0.2) is 12.7 Å². The van der Waals surface area contributed by atoms with Gasteiger partial charge in [0.25, 0.3) is 0 Å². The van der Waals surface area contributed by atoms with Crippen molar-refractivity contribution in [2.24, 2.45) is 0 Å². The third-order valence-corrected chi connectivity index (χ3v) is 1.97. The molecule has 1 saturated heterocycles. The average molecular weight is 141 g/mol. The molecule has 10 heavy (non-hydrogen) atoms. The molecule has 1 aliphatic rings. The first-order chi connectivity index (χ1) is 4.74. The Labute approximate surface area is 62.4 Å². The maximum atomic E-state index is 5.48. The van der Waals surface area contributed by atoms with Crippen molar-refractivity contribution in [3.8, 4) is 0 Å². The standard InChI is InChI=1S/C8H15NO/c1-4-5-8-6-7(2)9(3)10-8/h4,7-8H,1,5-6H2,2-3H3/t7-,8?/m0/s1. The van der Waals surface area contributed by atoms with Crippen molar-refractivity contribution in [2.75, 3.05) is 7.05 Å². The molecule has 0 bridgehead atoms. The predicted octanol–water partition coefficient (Wildman–Crippen LogP) is 1.59. The van der Waals surface area contributed by atoms with Crippen LogP contribution in [0.25, 0.3) is 0 Å². The Morgan fingerprint density at radius 1 is 1.80 bits per heavy atom. The fraction of sp³-hybridized carbons (Fsp3) is 0.750. The van der Waals surface area contributed by atoms with Crippen molar-refractivity contribution >= 4 is 0 Å². The average Bonchev–Trinajstić information content (AvgIpc) is 2.14. The number of hydroxylamine groups is 2. The molecule has 0 aromatic carbocycles. The summed E-state index contributed by atoms with van der Waals surface area (Å²) in [6.07, 6.45) is 4.38. The van der Waals surface area contributed by atoms with Crippen LogP contribution in [-0.4, -0.2) is 24.3 Å². The third-order valence-electron chi connectivity index (χ3n) is 1.97. The zero-order valence-electron chi connectivity index (χ0n) is 6.71. The topological polar surface area (TPSA) is 12.5 Å². The number of rotatable bonds is 2. The highest BCUT2D eigenvalue weighted by atomic mass is 16.7. The van der Waals surface area contributed by atoms with Crippen LogP contribution in [0.3, 0.4) is 0 Å². The van der Waals surface area contributed by atoms with Gasteiger partial charge in [-0.15, -0.1) is 6.58 Å². The van der Waals surface area contributed by atoms with Gasteiger partial charge < -0.3 is 0 Å². The van der Waals surface area contributed by atoms with E-state index in [1.807, 2.05) is 18.2 Å². The van der Waals surface area contributed by atoms with Gasteiger partial charge in [-0.05, 0) is 19.8 Å². The highest BCUT2D eigenvalue weighted by molar-refractivity contribution is 4.79. The maximum Gasteiger partial charge on any atom is 0.0843 e. The Bertz CT molecular complexity index is 114. The smallest absolute Gasteiger partial charge is 0.0843 e. The van der Waals surface area contributed by atoms with Crippen molar-refractivity contribution < 1.29 is 4.84 Å². The van der Waals surface area contributed by atoms with Gasteiger partial charge in [0, 0.05) is 13.1 Å². The van der Waals surface area contributed by atoms with Crippen molar-refractivity contribution in [3.63, 3.8) is 0 Å². The summed E-state index contributed by atoms with van der Waals surface area (Å²) in [5, 5.41) is 1.92. The number of hydrogen-bond donors (Lipinski definition) is 0. The predicted molar refractivity (Wildman–Crippen MR) is 41.5 cm³/mol. The molecule has 1 unspecified atom stereocenters. The summed E-state index contributed by atoms with van der Waals surface area (Å²) in [5.74, 6) is 0. The van der Waals surface area contributed by atoms with Crippen LogP contribution in [-0.2, 0) is 4.84 Å². The van der Waals surface area contributed by atoms with Gasteiger partial charge in [-0.25, -0.2) is 0 Å². The van der Waals surface area contributed by atoms with E-state index < -0.39 is 0 Å². The molecule has 1 fully saturated rings. The van der Waals surface area contributed by atoms with E-state index in [0.717, 1.165) is 12.8 Å². The molecule has 2 nitrogen and oxygen atoms in total. The molecule has 0 aliphatic carbocycles. The van der Waals surface area contributed by atoms with E-state index in [1.165, 1.54) is 0 Å². The molecular formula is C8H15NO. The highest BCUT2D eigenvalue weighted by Crippen LogP contribution is 2.20. The molecule has 2 atom stereocenters. The van der Waals surface area contributed by atoms with E-state index in [4.69, 9.17) is 4.84 Å². The van der Waals surface area contributed by atoms with Crippen LogP contribution in [0.2, 0.25) is 0 Å². The van der Waals surface area contributed by atoms with Crippen molar-refractivity contribution in [3.05, 3.63) is 12.7 Å². The quantitative estimate of drug-likeness (QED) is 0.541. The molecule has 0 N–H and O–H groups in total. The molecule has 1 heterocycles. The molecular weight excluding hydrogens is 126 g/mol. The second kappa shape index (κ2) is 3.17. The second-order valence-corrected chi connectivity index (χ2v) is 2.88. The van der Waals surface area contributed by atoms with Gasteiger partial charge >= 0.3 is 0 Å². The van der Waals surface area contributed by atoms with Gasteiger partial charge in [0.05, 0.1) is 6.10 Å². The van der Waals surface area contributed by atoms with Gasteiger partial charge in [-0.2, -0.15) is 5.06 Å². The van der Waals surface area contributed by atoms with Crippen molar-refractivity contribution in [1.29, 1.82) is 0 Å². The highest BCUT2D eigenvalue weighted by Gasteiger charge is 2.25. The molecule has 0 spiro atoms. The lowest BCUT2D eigenvalue weighted by Gasteiger charge is -2.11. The molecule has 0 saturated carbocycles. The Morgan fingerprint density at radius 3 is 2.90 bits per heavy atom. The first-order valence-electron chi connectivity index (χ1n) is 3.74. The largest absolute Gasteiger partial charge is 0.295 e. The molecule has 58 valence electrons. The summed E-state index contributed by atoms with van der Waals surface area (Å²) < 4.78 is 0. The van der Waals surface area contributed by atoms with Crippen LogP contribution in [0.5, 0.6) is 0 Å². The van der Waals surface area contributed by atoms with Crippen LogP contribution >= 0.6 is 0 Å². The third kappa shape index (κ3) is 1.58. The SMILES string of the molecule is C=CCC1C[C@H](C)N(C)O1. The van der Waals surface area contributed by atoms with Crippen LogP contribution in [0.4, 0.5) is 0 Å². The Balaban J connectivity index is 2.33. The zero-order chi connectivity index (χ0) is 7.56. The molecule has 1 rings (SSSR count). The van der Waals surface area contributed by atoms with Crippen molar-refractivity contribution in [1.82, 2.24) is 5.06 Å². The second-order valence-electron chi connectivity index (χ2n) is 2.88. The molecule has 0 aromatic rings. The maximum absolute atomic E-state index is 5.48. The van der Waals surface area contributed by atoms with Gasteiger partial charge in [-0.1, -0.05) is 6.08 Å². The minimum Gasteiger partial charge on any atom is -0.295 e. The van der Waals surface area contributed by atoms with Gasteiger partial charge in [0.15, 0.2) is 0 Å². The van der Waals surface area contributed by atoms with Gasteiger partial charge in [0.1, 0.15) is 0 Å². The Hall–Kier alpha value is -0.340. The minimum absolute atomic E-state index is 0.373. The zero-order valence-corrected chi connectivity index (χ0v) is 6.71. The summed E-state index contributed by atoms with van der Waals surface area (Å²) in [4.78, 5) is 5.48. The number of nitrogens with zero attached hydrogens (tertiary/aromatic N) is 1. The molecule has 0 amide bonds. The summed E-state index contributed by atoms with van der Waals surface area (Å²) >= 11 is 0. The summed E-state index contributed by atoms with van der Waals surface area (Å²) in [5.41, 5.74) is 0. The summed E-state index contributed by atoms with van der Waals surface area (Å²) in [7, 11) is 1.98. The Morgan fingerprint density at radius 2 is 2.50 bits per heavy atom. The van der Waals surface area contributed by atoms with E-state index in [9.17, 15) is 0 Å². The first-order valence-corrected chi connectivity index (χ1v) is 3.74. The van der Waals surface area contributed by atoms with Crippen molar-refractivity contribution in [2.45, 2.75) is 31.9 Å². The molecule has 2 heteroatoms. The molecule has 0 radical (unpaired) electrons. The summed E-state index contributed by atoms with van der Waals surface area (Å²) in [6, 6.07) is 0.560. The molecule has 1 aliphatic heterocycles. The lowest BCUT2D eigenvalue weighted by molar-refractivity contribution is -0.139. The van der Waals surface area contributed by atoms with Crippen LogP contribution in [0.1, 0.15) is 19.8 Å². The summed E-state index contributed by atoms with van der Waals surface area (Å²) in [6.45, 7) is 5.85. The van der Waals surface area contributed by atoms with E-state index in [-0.39, 0.29) is 0 Å². The normalized spacial score (nSPS) is 34.6. The Kier molecular flexibility index (Phi) is 2.46. The van der Waals surface area contributed by atoms with E-state index in [0.29, 0.717) is 12.1 Å². The number of hydrogen-bond acceptors (Lipinski definition) is 2. The van der Waals surface area contributed by atoms with E-state index in [2.05, 4.69) is 13.5 Å². The van der Waals surface area contributed by atoms with Gasteiger partial charge in [-0.3, -0.25) is 4.84 Å². The fourth-order valence-corrected chi connectivity index (χ4v) is 1.24. The van der Waals surface area contributed by atoms with Gasteiger partial charge in [0.2, 0.25) is 0 Å².